The predicted molar refractivity (Wildman–Crippen MR) is 98.0 cm³/mol. The number of carbonyl (C=O) groups is 1. The van der Waals surface area contributed by atoms with Gasteiger partial charge in [0.25, 0.3) is 0 Å². The summed E-state index contributed by atoms with van der Waals surface area (Å²) in [5.74, 6) is 0.488. The monoisotopic (exact) mass is 369 g/mol. The maximum atomic E-state index is 12.5. The lowest BCUT2D eigenvalue weighted by atomic mass is 10.2. The number of amides is 1. The molecule has 1 N–H and O–H groups in total. The van der Waals surface area contributed by atoms with Gasteiger partial charge in [0.15, 0.2) is 0 Å². The van der Waals surface area contributed by atoms with E-state index in [0.29, 0.717) is 27.9 Å². The Hall–Kier alpha value is -1.36. The van der Waals surface area contributed by atoms with Crippen molar-refractivity contribution < 1.29 is 9.53 Å². The maximum Gasteiger partial charge on any atom is 0.237 e. The van der Waals surface area contributed by atoms with Crippen molar-refractivity contribution >= 4 is 46.6 Å². The fourth-order valence-corrected chi connectivity index (χ4v) is 3.24. The van der Waals surface area contributed by atoms with Crippen LogP contribution in [0.15, 0.2) is 47.4 Å². The molecular weight excluding hydrogens is 353 g/mol. The molecule has 23 heavy (non-hydrogen) atoms. The van der Waals surface area contributed by atoms with Crippen LogP contribution in [-0.2, 0) is 4.79 Å². The Balaban J connectivity index is 2.11. The van der Waals surface area contributed by atoms with Crippen molar-refractivity contribution in [2.24, 2.45) is 0 Å². The third-order valence-corrected chi connectivity index (χ3v) is 5.04. The van der Waals surface area contributed by atoms with E-state index in [1.807, 2.05) is 31.2 Å². The van der Waals surface area contributed by atoms with Gasteiger partial charge < -0.3 is 10.1 Å². The van der Waals surface area contributed by atoms with Crippen molar-refractivity contribution in [2.45, 2.75) is 23.5 Å². The summed E-state index contributed by atoms with van der Waals surface area (Å²) in [6.07, 6.45) is 0.696. The number of carbonyl (C=O) groups excluding carboxylic acids is 1. The van der Waals surface area contributed by atoms with Gasteiger partial charge in [0.2, 0.25) is 5.91 Å². The average molecular weight is 370 g/mol. The summed E-state index contributed by atoms with van der Waals surface area (Å²) in [5.41, 5.74) is 0.570. The molecule has 0 heterocycles. The molecule has 0 aliphatic carbocycles. The fraction of sp³-hybridized carbons (Fsp3) is 0.235. The first-order valence-corrected chi connectivity index (χ1v) is 8.73. The highest BCUT2D eigenvalue weighted by molar-refractivity contribution is 8.00. The molecule has 1 amide bonds. The van der Waals surface area contributed by atoms with E-state index in [4.69, 9.17) is 27.9 Å². The van der Waals surface area contributed by atoms with Crippen molar-refractivity contribution in [3.05, 3.63) is 52.5 Å². The number of hydrogen-bond donors (Lipinski definition) is 1. The van der Waals surface area contributed by atoms with Crippen LogP contribution < -0.4 is 10.1 Å². The van der Waals surface area contributed by atoms with Gasteiger partial charge in [-0.15, -0.1) is 11.8 Å². The highest BCUT2D eigenvalue weighted by Crippen LogP contribution is 2.31. The van der Waals surface area contributed by atoms with Crippen molar-refractivity contribution in [2.75, 3.05) is 12.4 Å². The zero-order valence-electron chi connectivity index (χ0n) is 12.8. The van der Waals surface area contributed by atoms with Crippen LogP contribution in [0.3, 0.4) is 0 Å². The third kappa shape index (κ3) is 5.06. The second-order valence-corrected chi connectivity index (χ2v) is 6.95. The summed E-state index contributed by atoms with van der Waals surface area (Å²) >= 11 is 13.4. The van der Waals surface area contributed by atoms with Gasteiger partial charge in [0.05, 0.1) is 18.0 Å². The Morgan fingerprint density at radius 1 is 1.17 bits per heavy atom. The molecule has 0 aromatic heterocycles. The first-order valence-electron chi connectivity index (χ1n) is 7.10. The normalized spacial score (nSPS) is 11.8. The first kappa shape index (κ1) is 18.0. The lowest BCUT2D eigenvalue weighted by Gasteiger charge is -2.16. The van der Waals surface area contributed by atoms with Gasteiger partial charge in [-0.2, -0.15) is 0 Å². The molecule has 0 saturated carbocycles. The molecule has 0 bridgehead atoms. The second-order valence-electron chi connectivity index (χ2n) is 4.80. The van der Waals surface area contributed by atoms with E-state index in [1.165, 1.54) is 11.8 Å². The zero-order valence-corrected chi connectivity index (χ0v) is 15.1. The molecule has 0 fully saturated rings. The summed E-state index contributed by atoms with van der Waals surface area (Å²) in [4.78, 5) is 13.5. The molecule has 0 aliphatic heterocycles. The highest BCUT2D eigenvalue weighted by Gasteiger charge is 2.19. The number of thioether (sulfide) groups is 1. The van der Waals surface area contributed by atoms with Gasteiger partial charge in [0, 0.05) is 14.9 Å². The molecule has 122 valence electrons. The Morgan fingerprint density at radius 2 is 1.83 bits per heavy atom. The van der Waals surface area contributed by atoms with Crippen LogP contribution in [0.2, 0.25) is 10.0 Å². The average Bonchev–Trinajstić information content (AvgIpc) is 2.54. The molecule has 0 radical (unpaired) electrons. The third-order valence-electron chi connectivity index (χ3n) is 3.17. The van der Waals surface area contributed by atoms with Gasteiger partial charge in [-0.1, -0.05) is 30.1 Å². The van der Waals surface area contributed by atoms with E-state index in [0.717, 1.165) is 4.90 Å². The predicted octanol–water partition coefficient (Wildman–Crippen LogP) is 5.51. The highest BCUT2D eigenvalue weighted by atomic mass is 35.5. The molecule has 0 spiro atoms. The van der Waals surface area contributed by atoms with Crippen molar-refractivity contribution in [1.82, 2.24) is 0 Å². The summed E-state index contributed by atoms with van der Waals surface area (Å²) in [6.45, 7) is 1.97. The molecule has 6 heteroatoms. The number of halogens is 2. The van der Waals surface area contributed by atoms with E-state index in [-0.39, 0.29) is 11.2 Å². The maximum absolute atomic E-state index is 12.5. The lowest BCUT2D eigenvalue weighted by Crippen LogP contribution is -2.24. The molecule has 3 nitrogen and oxygen atoms in total. The second kappa shape index (κ2) is 8.48. The van der Waals surface area contributed by atoms with Gasteiger partial charge in [0.1, 0.15) is 5.75 Å². The van der Waals surface area contributed by atoms with E-state index in [1.54, 1.807) is 25.3 Å². The Labute approximate surface area is 150 Å². The van der Waals surface area contributed by atoms with Crippen LogP contribution in [0.1, 0.15) is 13.3 Å². The molecule has 0 aliphatic rings. The number of hydrogen-bond acceptors (Lipinski definition) is 3. The Bertz CT molecular complexity index is 677. The number of anilines is 1. The summed E-state index contributed by atoms with van der Waals surface area (Å²) < 4.78 is 5.25. The molecule has 2 rings (SSSR count). The quantitative estimate of drug-likeness (QED) is 0.682. The van der Waals surface area contributed by atoms with E-state index in [9.17, 15) is 4.79 Å². The van der Waals surface area contributed by atoms with Crippen LogP contribution in [0.25, 0.3) is 0 Å². The largest absolute Gasteiger partial charge is 0.495 e. The number of methoxy groups -OCH3 is 1. The van der Waals surface area contributed by atoms with Crippen LogP contribution in [0.4, 0.5) is 5.69 Å². The van der Waals surface area contributed by atoms with E-state index < -0.39 is 0 Å². The topological polar surface area (TPSA) is 38.3 Å². The first-order chi connectivity index (χ1) is 11.0. The number of nitrogens with one attached hydrogen (secondary N) is 1. The van der Waals surface area contributed by atoms with E-state index in [2.05, 4.69) is 5.32 Å². The summed E-state index contributed by atoms with van der Waals surface area (Å²) in [5, 5.41) is 3.88. The Kier molecular flexibility index (Phi) is 6.63. The minimum absolute atomic E-state index is 0.0898. The number of rotatable bonds is 6. The van der Waals surface area contributed by atoms with Crippen molar-refractivity contribution in [3.63, 3.8) is 0 Å². The minimum Gasteiger partial charge on any atom is -0.495 e. The van der Waals surface area contributed by atoms with Gasteiger partial charge >= 0.3 is 0 Å². The smallest absolute Gasteiger partial charge is 0.237 e. The summed E-state index contributed by atoms with van der Waals surface area (Å²) in [6, 6.07) is 12.6. The van der Waals surface area contributed by atoms with Crippen LogP contribution >= 0.6 is 35.0 Å². The molecule has 2 aromatic rings. The van der Waals surface area contributed by atoms with Crippen molar-refractivity contribution in [1.29, 1.82) is 0 Å². The molecule has 0 unspecified atom stereocenters. The van der Waals surface area contributed by atoms with Gasteiger partial charge in [-0.05, 0) is 48.9 Å². The number of benzene rings is 2. The Morgan fingerprint density at radius 3 is 2.43 bits per heavy atom. The fourth-order valence-electron chi connectivity index (χ4n) is 1.99. The lowest BCUT2D eigenvalue weighted by molar-refractivity contribution is -0.115. The molecule has 1 atom stereocenters. The molecule has 2 aromatic carbocycles. The SMILES string of the molecule is CC[C@@H](Sc1ccc(Cl)cc1)C(=O)Nc1cc(Cl)ccc1OC. The van der Waals surface area contributed by atoms with Crippen LogP contribution in [0, 0.1) is 0 Å². The van der Waals surface area contributed by atoms with Crippen LogP contribution in [-0.4, -0.2) is 18.3 Å². The van der Waals surface area contributed by atoms with Gasteiger partial charge in [-0.3, -0.25) is 4.79 Å². The van der Waals surface area contributed by atoms with Crippen LogP contribution in [0.5, 0.6) is 5.75 Å². The van der Waals surface area contributed by atoms with Crippen molar-refractivity contribution in [3.8, 4) is 5.75 Å². The molecular formula is C17H17Cl2NO2S. The van der Waals surface area contributed by atoms with E-state index >= 15 is 0 Å². The standard InChI is InChI=1S/C17H17Cl2NO2S/c1-3-16(23-13-7-4-11(18)5-8-13)17(21)20-14-10-12(19)6-9-15(14)22-2/h4-10,16H,3H2,1-2H3,(H,20,21)/t16-/m1/s1. The number of ether oxygens (including phenoxy) is 1. The summed E-state index contributed by atoms with van der Waals surface area (Å²) in [7, 11) is 1.55. The molecule has 0 saturated heterocycles. The van der Waals surface area contributed by atoms with Gasteiger partial charge in [-0.25, -0.2) is 0 Å². The zero-order chi connectivity index (χ0) is 16.8. The minimum atomic E-state index is -0.222.